The first-order valence-corrected chi connectivity index (χ1v) is 12.1. The second kappa shape index (κ2) is 7.46. The molecule has 5 aliphatic rings. The summed E-state index contributed by atoms with van der Waals surface area (Å²) in [6, 6.07) is 7.10. The van der Waals surface area contributed by atoms with Crippen LogP contribution in [0.25, 0.3) is 10.9 Å². The van der Waals surface area contributed by atoms with Crippen LogP contribution in [-0.2, 0) is 9.59 Å². The van der Waals surface area contributed by atoms with Crippen LogP contribution in [0, 0.1) is 23.2 Å². The van der Waals surface area contributed by atoms with Crippen molar-refractivity contribution in [1.82, 2.24) is 9.88 Å². The van der Waals surface area contributed by atoms with Crippen LogP contribution >= 0.6 is 0 Å². The fourth-order valence-corrected chi connectivity index (χ4v) is 7.60. The molecule has 2 aromatic rings. The number of benzene rings is 1. The van der Waals surface area contributed by atoms with E-state index in [9.17, 15) is 9.59 Å². The Balaban J connectivity index is 1.24. The van der Waals surface area contributed by atoms with E-state index < -0.39 is 0 Å². The fourth-order valence-electron chi connectivity index (χ4n) is 7.60. The van der Waals surface area contributed by atoms with Gasteiger partial charge in [-0.1, -0.05) is 0 Å². The predicted octanol–water partition coefficient (Wildman–Crippen LogP) is 4.39. The summed E-state index contributed by atoms with van der Waals surface area (Å²) in [5.41, 5.74) is 1.24. The van der Waals surface area contributed by atoms with Crippen molar-refractivity contribution in [3.05, 3.63) is 30.5 Å². The van der Waals surface area contributed by atoms with Gasteiger partial charge in [-0.05, 0) is 93.4 Å². The number of fused-ring (bicyclic) bond motifs is 1. The van der Waals surface area contributed by atoms with Crippen LogP contribution in [0.4, 0.5) is 5.69 Å². The lowest BCUT2D eigenvalue weighted by molar-refractivity contribution is -0.159. The Morgan fingerprint density at radius 3 is 2.50 bits per heavy atom. The predicted molar refractivity (Wildman–Crippen MR) is 122 cm³/mol. The Labute approximate surface area is 188 Å². The fraction of sp³-hybridized carbons (Fsp3) is 0.577. The van der Waals surface area contributed by atoms with E-state index in [1.54, 1.807) is 13.3 Å². The van der Waals surface area contributed by atoms with Crippen molar-refractivity contribution in [2.24, 2.45) is 23.2 Å². The van der Waals surface area contributed by atoms with Crippen LogP contribution in [0.2, 0.25) is 0 Å². The lowest BCUT2D eigenvalue weighted by atomic mass is 9.49. The molecule has 6 nitrogen and oxygen atoms in total. The first-order chi connectivity index (χ1) is 15.6. The van der Waals surface area contributed by atoms with Gasteiger partial charge < -0.3 is 15.0 Å². The smallest absolute Gasteiger partial charge is 0.247 e. The lowest BCUT2D eigenvalue weighted by Gasteiger charge is -2.56. The summed E-state index contributed by atoms with van der Waals surface area (Å²) >= 11 is 0. The van der Waals surface area contributed by atoms with Crippen LogP contribution < -0.4 is 10.1 Å². The van der Waals surface area contributed by atoms with E-state index in [0.717, 1.165) is 60.8 Å². The Hall–Kier alpha value is -2.63. The van der Waals surface area contributed by atoms with Gasteiger partial charge in [0.1, 0.15) is 17.3 Å². The zero-order valence-corrected chi connectivity index (χ0v) is 18.7. The van der Waals surface area contributed by atoms with Gasteiger partial charge in [-0.3, -0.25) is 14.6 Å². The van der Waals surface area contributed by atoms with Gasteiger partial charge in [-0.25, -0.2) is 0 Å². The number of hydrogen-bond acceptors (Lipinski definition) is 4. The molecule has 2 amide bonds. The van der Waals surface area contributed by atoms with E-state index in [-0.39, 0.29) is 23.3 Å². The number of nitrogens with zero attached hydrogens (tertiary/aromatic N) is 2. The number of rotatable bonds is 4. The molecule has 1 aromatic carbocycles. The average Bonchev–Trinajstić information content (AvgIpc) is 3.28. The van der Waals surface area contributed by atoms with E-state index >= 15 is 0 Å². The van der Waals surface area contributed by atoms with Gasteiger partial charge in [-0.2, -0.15) is 0 Å². The van der Waals surface area contributed by atoms with Gasteiger partial charge in [-0.15, -0.1) is 0 Å². The van der Waals surface area contributed by atoms with Crippen LogP contribution in [0.1, 0.15) is 51.4 Å². The molecule has 168 valence electrons. The molecule has 5 fully saturated rings. The summed E-state index contributed by atoms with van der Waals surface area (Å²) < 4.78 is 5.42. The molecule has 1 aliphatic heterocycles. The number of likely N-dealkylation sites (tertiary alicyclic amines) is 1. The summed E-state index contributed by atoms with van der Waals surface area (Å²) in [6.07, 6.45) is 10.4. The van der Waals surface area contributed by atoms with E-state index in [4.69, 9.17) is 4.74 Å². The molecular weight excluding hydrogens is 402 g/mol. The molecule has 0 radical (unpaired) electrons. The minimum absolute atomic E-state index is 0.0871. The number of amides is 2. The molecular formula is C26H31N3O3. The molecule has 1 unspecified atom stereocenters. The van der Waals surface area contributed by atoms with Crippen molar-refractivity contribution in [3.63, 3.8) is 0 Å². The minimum atomic E-state index is -0.385. The summed E-state index contributed by atoms with van der Waals surface area (Å²) in [5, 5.41) is 3.95. The number of methoxy groups -OCH3 is 1. The number of hydrogen-bond donors (Lipinski definition) is 1. The zero-order valence-electron chi connectivity index (χ0n) is 18.7. The van der Waals surface area contributed by atoms with Crippen LogP contribution in [0.15, 0.2) is 30.5 Å². The molecule has 0 spiro atoms. The minimum Gasteiger partial charge on any atom is -0.494 e. The van der Waals surface area contributed by atoms with Gasteiger partial charge in [0.2, 0.25) is 11.8 Å². The molecule has 1 saturated heterocycles. The molecule has 1 aromatic heterocycles. The second-order valence-corrected chi connectivity index (χ2v) is 10.6. The average molecular weight is 434 g/mol. The standard InChI is InChI=1S/C26H31N3O3/c1-32-22-7-6-20(19-4-2-8-27-23(19)22)28-24(30)21-5-3-9-29(21)25(31)26-13-16-10-17(14-26)12-18(11-16)15-26/h2,4,6-8,16-18,21H,3,5,9-15H2,1H3,(H,28,30). The van der Waals surface area contributed by atoms with E-state index in [0.29, 0.717) is 18.0 Å². The lowest BCUT2D eigenvalue weighted by Crippen LogP contribution is -2.56. The summed E-state index contributed by atoms with van der Waals surface area (Å²) in [6.45, 7) is 0.698. The summed E-state index contributed by atoms with van der Waals surface area (Å²) in [7, 11) is 1.62. The third-order valence-corrected chi connectivity index (χ3v) is 8.52. The second-order valence-electron chi connectivity index (χ2n) is 10.6. The van der Waals surface area contributed by atoms with Crippen molar-refractivity contribution in [2.75, 3.05) is 19.0 Å². The highest BCUT2D eigenvalue weighted by Crippen LogP contribution is 2.60. The highest BCUT2D eigenvalue weighted by molar-refractivity contribution is 6.05. The maximum atomic E-state index is 13.9. The number of anilines is 1. The van der Waals surface area contributed by atoms with Crippen LogP contribution in [0.5, 0.6) is 5.75 Å². The monoisotopic (exact) mass is 433 g/mol. The number of ether oxygens (including phenoxy) is 1. The number of nitrogens with one attached hydrogen (secondary N) is 1. The third-order valence-electron chi connectivity index (χ3n) is 8.52. The Morgan fingerprint density at radius 1 is 1.09 bits per heavy atom. The maximum Gasteiger partial charge on any atom is 0.247 e. The topological polar surface area (TPSA) is 71.5 Å². The van der Waals surface area contributed by atoms with Crippen molar-refractivity contribution in [2.45, 2.75) is 57.4 Å². The molecule has 1 N–H and O–H groups in total. The number of aromatic nitrogens is 1. The third kappa shape index (κ3) is 3.10. The molecule has 7 rings (SSSR count). The van der Waals surface area contributed by atoms with Gasteiger partial charge in [0, 0.05) is 18.1 Å². The zero-order chi connectivity index (χ0) is 21.9. The molecule has 1 atom stereocenters. The van der Waals surface area contributed by atoms with Gasteiger partial charge in [0.25, 0.3) is 0 Å². The number of pyridine rings is 1. The SMILES string of the molecule is COc1ccc(NC(=O)C2CCCN2C(=O)C23CC4CC(CC(C4)C2)C3)c2cccnc12. The highest BCUT2D eigenvalue weighted by atomic mass is 16.5. The van der Waals surface area contributed by atoms with Crippen molar-refractivity contribution in [3.8, 4) is 5.75 Å². The van der Waals surface area contributed by atoms with Gasteiger partial charge >= 0.3 is 0 Å². The summed E-state index contributed by atoms with van der Waals surface area (Å²) in [5.74, 6) is 3.01. The molecule has 6 heteroatoms. The van der Waals surface area contributed by atoms with E-state index in [1.807, 2.05) is 29.2 Å². The van der Waals surface area contributed by atoms with Gasteiger partial charge in [0.05, 0.1) is 18.2 Å². The molecule has 2 heterocycles. The number of carbonyl (C=O) groups excluding carboxylic acids is 2. The quantitative estimate of drug-likeness (QED) is 0.776. The molecule has 4 saturated carbocycles. The Bertz CT molecular complexity index is 1050. The van der Waals surface area contributed by atoms with Gasteiger partial charge in [0.15, 0.2) is 0 Å². The Morgan fingerprint density at radius 2 is 1.81 bits per heavy atom. The van der Waals surface area contributed by atoms with E-state index in [2.05, 4.69) is 10.3 Å². The first kappa shape index (κ1) is 20.0. The molecule has 32 heavy (non-hydrogen) atoms. The van der Waals surface area contributed by atoms with Crippen LogP contribution in [-0.4, -0.2) is 41.4 Å². The van der Waals surface area contributed by atoms with Crippen molar-refractivity contribution >= 4 is 28.4 Å². The molecule has 4 aliphatic carbocycles. The molecule has 4 bridgehead atoms. The highest BCUT2D eigenvalue weighted by Gasteiger charge is 2.56. The summed E-state index contributed by atoms with van der Waals surface area (Å²) in [4.78, 5) is 33.6. The Kier molecular flexibility index (Phi) is 4.67. The largest absolute Gasteiger partial charge is 0.494 e. The van der Waals surface area contributed by atoms with Crippen molar-refractivity contribution in [1.29, 1.82) is 0 Å². The number of carbonyl (C=O) groups is 2. The van der Waals surface area contributed by atoms with E-state index in [1.165, 1.54) is 19.3 Å². The first-order valence-electron chi connectivity index (χ1n) is 12.1. The van der Waals surface area contributed by atoms with Crippen molar-refractivity contribution < 1.29 is 14.3 Å². The maximum absolute atomic E-state index is 13.9. The normalized spacial score (nSPS) is 33.0. The van der Waals surface area contributed by atoms with Crippen LogP contribution in [0.3, 0.4) is 0 Å².